The number of carbonyl (C=O) groups excluding carboxylic acids is 1. The van der Waals surface area contributed by atoms with E-state index in [9.17, 15) is 4.79 Å². The number of fused-ring (bicyclic) bond motifs is 1. The van der Waals surface area contributed by atoms with E-state index in [0.717, 1.165) is 76.4 Å². The largest absolute Gasteiger partial charge is 0.495 e. The van der Waals surface area contributed by atoms with Crippen LogP contribution in [0.5, 0.6) is 5.75 Å². The molecule has 0 spiro atoms. The Hall–Kier alpha value is -2.47. The first-order valence-electron chi connectivity index (χ1n) is 11.3. The van der Waals surface area contributed by atoms with Crippen LogP contribution in [0.1, 0.15) is 41.7 Å². The van der Waals surface area contributed by atoms with Crippen molar-refractivity contribution in [2.24, 2.45) is 0 Å². The van der Waals surface area contributed by atoms with E-state index >= 15 is 0 Å². The number of methoxy groups -OCH3 is 1. The molecule has 0 radical (unpaired) electrons. The van der Waals surface area contributed by atoms with Crippen molar-refractivity contribution >= 4 is 11.6 Å². The molecule has 1 saturated heterocycles. The molecule has 0 aliphatic carbocycles. The highest BCUT2D eigenvalue weighted by molar-refractivity contribution is 5.94. The number of piperazine rings is 1. The van der Waals surface area contributed by atoms with E-state index in [2.05, 4.69) is 37.9 Å². The summed E-state index contributed by atoms with van der Waals surface area (Å²) >= 11 is 0. The number of aromatic nitrogens is 1. The van der Waals surface area contributed by atoms with Gasteiger partial charge in [-0.1, -0.05) is 12.1 Å². The molecule has 0 unspecified atom stereocenters. The smallest absolute Gasteiger partial charge is 0.252 e. The number of anilines is 1. The third kappa shape index (κ3) is 4.98. The van der Waals surface area contributed by atoms with E-state index < -0.39 is 0 Å². The lowest BCUT2D eigenvalue weighted by atomic mass is 10.1. The van der Waals surface area contributed by atoms with Crippen molar-refractivity contribution < 1.29 is 9.53 Å². The highest BCUT2D eigenvalue weighted by atomic mass is 16.5. The number of benzene rings is 1. The van der Waals surface area contributed by atoms with Gasteiger partial charge in [-0.15, -0.1) is 0 Å². The van der Waals surface area contributed by atoms with Crippen molar-refractivity contribution in [3.05, 3.63) is 47.8 Å². The summed E-state index contributed by atoms with van der Waals surface area (Å²) in [5, 5.41) is 3.09. The van der Waals surface area contributed by atoms with Gasteiger partial charge in [0.1, 0.15) is 5.75 Å². The Bertz CT molecular complexity index is 816. The van der Waals surface area contributed by atoms with Crippen LogP contribution in [0.15, 0.2) is 36.5 Å². The maximum Gasteiger partial charge on any atom is 0.252 e. The molecule has 3 heterocycles. The molecule has 162 valence electrons. The van der Waals surface area contributed by atoms with Crippen LogP contribution in [-0.4, -0.2) is 61.8 Å². The number of para-hydroxylation sites is 2. The fourth-order valence-electron chi connectivity index (χ4n) is 4.55. The number of nitrogens with zero attached hydrogens (tertiary/aromatic N) is 3. The molecule has 30 heavy (non-hydrogen) atoms. The van der Waals surface area contributed by atoms with Crippen LogP contribution < -0.4 is 15.0 Å². The van der Waals surface area contributed by atoms with Crippen molar-refractivity contribution in [2.45, 2.75) is 38.6 Å². The Labute approximate surface area is 179 Å². The first-order chi connectivity index (χ1) is 14.7. The van der Waals surface area contributed by atoms with Gasteiger partial charge in [-0.2, -0.15) is 0 Å². The third-order valence-corrected chi connectivity index (χ3v) is 6.31. The molecule has 2 aromatic rings. The second-order valence-electron chi connectivity index (χ2n) is 8.33. The average Bonchev–Trinajstić information content (AvgIpc) is 3.24. The van der Waals surface area contributed by atoms with Crippen molar-refractivity contribution in [3.63, 3.8) is 0 Å². The van der Waals surface area contributed by atoms with Gasteiger partial charge in [-0.05, 0) is 56.8 Å². The van der Waals surface area contributed by atoms with Crippen molar-refractivity contribution in [2.75, 3.05) is 51.3 Å². The van der Waals surface area contributed by atoms with Gasteiger partial charge in [-0.3, -0.25) is 9.69 Å². The van der Waals surface area contributed by atoms with Crippen molar-refractivity contribution in [1.29, 1.82) is 0 Å². The van der Waals surface area contributed by atoms with Crippen LogP contribution in [0, 0.1) is 0 Å². The number of unbranched alkanes of at least 4 members (excludes halogenated alkanes) is 1. The summed E-state index contributed by atoms with van der Waals surface area (Å²) in [5.74, 6) is 1.02. The lowest BCUT2D eigenvalue weighted by Crippen LogP contribution is -2.46. The van der Waals surface area contributed by atoms with Crippen molar-refractivity contribution in [1.82, 2.24) is 14.8 Å². The summed E-state index contributed by atoms with van der Waals surface area (Å²) in [4.78, 5) is 17.3. The Morgan fingerprint density at radius 1 is 1.07 bits per heavy atom. The molecule has 4 rings (SSSR count). The monoisotopic (exact) mass is 410 g/mol. The third-order valence-electron chi connectivity index (χ3n) is 6.31. The topological polar surface area (TPSA) is 49.7 Å². The summed E-state index contributed by atoms with van der Waals surface area (Å²) in [6.07, 6.45) is 7.70. The SMILES string of the molecule is COc1ccccc1N1CCN(CCCCNC(=O)c2cc3n(c2)CCCC3)CC1. The average molecular weight is 411 g/mol. The maximum absolute atomic E-state index is 12.4. The van der Waals surface area contributed by atoms with Crippen LogP contribution >= 0.6 is 0 Å². The minimum Gasteiger partial charge on any atom is -0.495 e. The minimum absolute atomic E-state index is 0.0716. The van der Waals surface area contributed by atoms with E-state index in [0.29, 0.717) is 0 Å². The van der Waals surface area contributed by atoms with Crippen LogP contribution in [-0.2, 0) is 13.0 Å². The predicted octanol–water partition coefficient (Wildman–Crippen LogP) is 3.17. The second-order valence-corrected chi connectivity index (χ2v) is 8.33. The van der Waals surface area contributed by atoms with Gasteiger partial charge >= 0.3 is 0 Å². The van der Waals surface area contributed by atoms with Gasteiger partial charge in [0, 0.05) is 51.2 Å². The predicted molar refractivity (Wildman–Crippen MR) is 121 cm³/mol. The van der Waals surface area contributed by atoms with Crippen LogP contribution in [0.2, 0.25) is 0 Å². The minimum atomic E-state index is 0.0716. The Morgan fingerprint density at radius 3 is 2.70 bits per heavy atom. The fraction of sp³-hybridized carbons (Fsp3) is 0.542. The highest BCUT2D eigenvalue weighted by Crippen LogP contribution is 2.28. The summed E-state index contributed by atoms with van der Waals surface area (Å²) < 4.78 is 7.74. The number of aryl methyl sites for hydroxylation is 2. The second kappa shape index (κ2) is 10.0. The van der Waals surface area contributed by atoms with E-state index in [1.54, 1.807) is 7.11 Å². The standard InChI is InChI=1S/C24H34N4O2/c1-30-23-10-3-2-9-22(23)27-16-14-26(15-17-27)12-7-5-11-25-24(29)20-18-21-8-4-6-13-28(21)19-20/h2-3,9-10,18-19H,4-8,11-17H2,1H3,(H,25,29). The maximum atomic E-state index is 12.4. The molecule has 6 heteroatoms. The number of rotatable bonds is 8. The van der Waals surface area contributed by atoms with Crippen LogP contribution in [0.4, 0.5) is 5.69 Å². The Kier molecular flexibility index (Phi) is 6.95. The van der Waals surface area contributed by atoms with Gasteiger partial charge in [0.25, 0.3) is 5.91 Å². The normalized spacial score (nSPS) is 16.9. The number of hydrogen-bond acceptors (Lipinski definition) is 4. The fourth-order valence-corrected chi connectivity index (χ4v) is 4.55. The van der Waals surface area contributed by atoms with E-state index in [1.165, 1.54) is 24.2 Å². The first-order valence-corrected chi connectivity index (χ1v) is 11.3. The number of hydrogen-bond donors (Lipinski definition) is 1. The molecule has 0 saturated carbocycles. The van der Waals surface area contributed by atoms with E-state index in [4.69, 9.17) is 4.74 Å². The van der Waals surface area contributed by atoms with Gasteiger partial charge in [0.2, 0.25) is 0 Å². The quantitative estimate of drug-likeness (QED) is 0.679. The van der Waals surface area contributed by atoms with Gasteiger partial charge < -0.3 is 19.5 Å². The number of amides is 1. The Morgan fingerprint density at radius 2 is 1.90 bits per heavy atom. The molecule has 2 aliphatic heterocycles. The molecular weight excluding hydrogens is 376 g/mol. The number of nitrogens with one attached hydrogen (secondary N) is 1. The lowest BCUT2D eigenvalue weighted by molar-refractivity contribution is 0.0952. The molecule has 6 nitrogen and oxygen atoms in total. The van der Waals surface area contributed by atoms with Crippen LogP contribution in [0.25, 0.3) is 0 Å². The summed E-state index contributed by atoms with van der Waals surface area (Å²) in [5.41, 5.74) is 3.31. The molecule has 0 bridgehead atoms. The zero-order chi connectivity index (χ0) is 20.8. The first kappa shape index (κ1) is 20.8. The summed E-state index contributed by atoms with van der Waals surface area (Å²) in [7, 11) is 1.73. The number of ether oxygens (including phenoxy) is 1. The zero-order valence-electron chi connectivity index (χ0n) is 18.1. The molecule has 1 fully saturated rings. The van der Waals surface area contributed by atoms with Crippen molar-refractivity contribution in [3.8, 4) is 5.75 Å². The van der Waals surface area contributed by atoms with Gasteiger partial charge in [-0.25, -0.2) is 0 Å². The van der Waals surface area contributed by atoms with E-state index in [1.807, 2.05) is 18.3 Å². The molecule has 0 atom stereocenters. The molecule has 1 aromatic carbocycles. The summed E-state index contributed by atoms with van der Waals surface area (Å²) in [6, 6.07) is 10.3. The zero-order valence-corrected chi connectivity index (χ0v) is 18.1. The molecule has 1 aromatic heterocycles. The van der Waals surface area contributed by atoms with Gasteiger partial charge in [0.05, 0.1) is 18.4 Å². The molecule has 1 amide bonds. The highest BCUT2D eigenvalue weighted by Gasteiger charge is 2.19. The lowest BCUT2D eigenvalue weighted by Gasteiger charge is -2.36. The summed E-state index contributed by atoms with van der Waals surface area (Å²) in [6.45, 7) is 7.08. The molecule has 1 N–H and O–H groups in total. The number of carbonyl (C=O) groups is 1. The molecule has 2 aliphatic rings. The Balaban J connectivity index is 1.13. The van der Waals surface area contributed by atoms with Gasteiger partial charge in [0.15, 0.2) is 0 Å². The van der Waals surface area contributed by atoms with Crippen LogP contribution in [0.3, 0.4) is 0 Å². The van der Waals surface area contributed by atoms with E-state index in [-0.39, 0.29) is 5.91 Å². The molecular formula is C24H34N4O2.